The van der Waals surface area contributed by atoms with Gasteiger partial charge < -0.3 is 15.3 Å². The Bertz CT molecular complexity index is 251. The van der Waals surface area contributed by atoms with Gasteiger partial charge in [0.15, 0.2) is 0 Å². The molecular weight excluding hydrogens is 204 g/mol. The fourth-order valence-electron chi connectivity index (χ4n) is 2.92. The van der Waals surface area contributed by atoms with Crippen molar-refractivity contribution in [3.63, 3.8) is 0 Å². The minimum atomic E-state index is -0.351. The molecule has 1 saturated heterocycles. The number of aliphatic hydroxyl groups is 1. The predicted molar refractivity (Wildman–Crippen MR) is 62.1 cm³/mol. The predicted octanol–water partition coefficient (Wildman–Crippen LogP) is 0.500. The quantitative estimate of drug-likeness (QED) is 0.737. The third kappa shape index (κ3) is 2.38. The van der Waals surface area contributed by atoms with E-state index in [0.29, 0.717) is 19.0 Å². The number of β-amino-alcohol motifs (C(OH)–C–C–N with tert-alkyl or cyclic N) is 1. The van der Waals surface area contributed by atoms with Crippen molar-refractivity contribution in [3.05, 3.63) is 0 Å². The molecule has 1 amide bonds. The Hall–Kier alpha value is -0.610. The van der Waals surface area contributed by atoms with Crippen LogP contribution in [0, 0.1) is 0 Å². The van der Waals surface area contributed by atoms with E-state index in [-0.39, 0.29) is 18.1 Å². The molecule has 2 aliphatic rings. The summed E-state index contributed by atoms with van der Waals surface area (Å²) in [5.74, 6) is 0.186. The first-order valence-electron chi connectivity index (χ1n) is 6.44. The Balaban J connectivity index is 1.95. The van der Waals surface area contributed by atoms with E-state index in [2.05, 4.69) is 5.32 Å². The molecule has 0 spiro atoms. The highest BCUT2D eigenvalue weighted by molar-refractivity contribution is 5.82. The van der Waals surface area contributed by atoms with E-state index in [9.17, 15) is 9.90 Å². The summed E-state index contributed by atoms with van der Waals surface area (Å²) in [4.78, 5) is 14.3. The van der Waals surface area contributed by atoms with Gasteiger partial charge in [-0.15, -0.1) is 0 Å². The summed E-state index contributed by atoms with van der Waals surface area (Å²) in [6, 6.07) is 0.285. The van der Waals surface area contributed by atoms with Crippen molar-refractivity contribution in [1.82, 2.24) is 10.2 Å². The van der Waals surface area contributed by atoms with Crippen molar-refractivity contribution in [3.8, 4) is 0 Å². The van der Waals surface area contributed by atoms with Gasteiger partial charge in [-0.3, -0.25) is 4.79 Å². The second-order valence-corrected chi connectivity index (χ2v) is 4.91. The maximum atomic E-state index is 12.3. The van der Waals surface area contributed by atoms with E-state index in [1.807, 2.05) is 11.8 Å². The van der Waals surface area contributed by atoms with Gasteiger partial charge in [-0.25, -0.2) is 0 Å². The van der Waals surface area contributed by atoms with Crippen molar-refractivity contribution >= 4 is 5.91 Å². The molecule has 0 aromatic carbocycles. The van der Waals surface area contributed by atoms with Gasteiger partial charge >= 0.3 is 0 Å². The zero-order chi connectivity index (χ0) is 11.5. The van der Waals surface area contributed by atoms with Crippen LogP contribution in [0.3, 0.4) is 0 Å². The smallest absolute Gasteiger partial charge is 0.240 e. The number of likely N-dealkylation sites (N-methyl/N-ethyl adjacent to an activating group) is 1. The van der Waals surface area contributed by atoms with Gasteiger partial charge in [-0.1, -0.05) is 12.8 Å². The lowest BCUT2D eigenvalue weighted by atomic mass is 10.1. The number of amides is 1. The van der Waals surface area contributed by atoms with Crippen LogP contribution in [0.15, 0.2) is 0 Å². The van der Waals surface area contributed by atoms with E-state index in [1.165, 1.54) is 12.8 Å². The molecule has 16 heavy (non-hydrogen) atoms. The van der Waals surface area contributed by atoms with E-state index in [1.54, 1.807) is 0 Å². The number of carbonyl (C=O) groups excluding carboxylic acids is 1. The maximum Gasteiger partial charge on any atom is 0.240 e. The van der Waals surface area contributed by atoms with Crippen molar-refractivity contribution in [2.45, 2.75) is 57.2 Å². The molecule has 2 atom stereocenters. The first-order chi connectivity index (χ1) is 7.72. The normalized spacial score (nSPS) is 30.9. The van der Waals surface area contributed by atoms with Crippen molar-refractivity contribution < 1.29 is 9.90 Å². The maximum absolute atomic E-state index is 12.3. The van der Waals surface area contributed by atoms with E-state index in [0.717, 1.165) is 19.4 Å². The highest BCUT2D eigenvalue weighted by atomic mass is 16.3. The fourth-order valence-corrected chi connectivity index (χ4v) is 2.92. The first-order valence-corrected chi connectivity index (χ1v) is 6.44. The monoisotopic (exact) mass is 226 g/mol. The SMILES string of the molecule is CCN(C(=O)C1CC(O)CN1)C1CCCC1. The van der Waals surface area contributed by atoms with Crippen LogP contribution in [-0.2, 0) is 4.79 Å². The third-order valence-corrected chi connectivity index (χ3v) is 3.79. The number of hydrogen-bond acceptors (Lipinski definition) is 3. The molecule has 1 aliphatic carbocycles. The van der Waals surface area contributed by atoms with Gasteiger partial charge in [0.25, 0.3) is 0 Å². The number of rotatable bonds is 3. The first kappa shape index (κ1) is 11.9. The molecule has 4 heteroatoms. The molecule has 2 rings (SSSR count). The Kier molecular flexibility index (Phi) is 3.82. The van der Waals surface area contributed by atoms with Crippen molar-refractivity contribution in [2.24, 2.45) is 0 Å². The van der Waals surface area contributed by atoms with Gasteiger partial charge in [0.2, 0.25) is 5.91 Å². The summed E-state index contributed by atoms with van der Waals surface area (Å²) in [5.41, 5.74) is 0. The second kappa shape index (κ2) is 5.15. The molecule has 1 aliphatic heterocycles. The van der Waals surface area contributed by atoms with Crippen LogP contribution in [0.2, 0.25) is 0 Å². The van der Waals surface area contributed by atoms with Crippen molar-refractivity contribution in [1.29, 1.82) is 0 Å². The average Bonchev–Trinajstić information content (AvgIpc) is 2.90. The highest BCUT2D eigenvalue weighted by Crippen LogP contribution is 2.24. The van der Waals surface area contributed by atoms with Crippen LogP contribution in [0.5, 0.6) is 0 Å². The Labute approximate surface area is 97.0 Å². The summed E-state index contributed by atoms with van der Waals surface area (Å²) in [6.07, 6.45) is 5.01. The van der Waals surface area contributed by atoms with Crippen LogP contribution >= 0.6 is 0 Å². The lowest BCUT2D eigenvalue weighted by molar-refractivity contribution is -0.135. The highest BCUT2D eigenvalue weighted by Gasteiger charge is 2.34. The van der Waals surface area contributed by atoms with E-state index < -0.39 is 0 Å². The molecular formula is C12H22N2O2. The summed E-state index contributed by atoms with van der Waals surface area (Å²) < 4.78 is 0. The zero-order valence-electron chi connectivity index (χ0n) is 9.98. The number of nitrogens with one attached hydrogen (secondary N) is 1. The Morgan fingerprint density at radius 1 is 1.44 bits per heavy atom. The lowest BCUT2D eigenvalue weighted by Crippen LogP contribution is -2.47. The summed E-state index contributed by atoms with van der Waals surface area (Å²) in [7, 11) is 0. The average molecular weight is 226 g/mol. The minimum Gasteiger partial charge on any atom is -0.392 e. The van der Waals surface area contributed by atoms with E-state index >= 15 is 0 Å². The number of carbonyl (C=O) groups is 1. The third-order valence-electron chi connectivity index (χ3n) is 3.79. The topological polar surface area (TPSA) is 52.6 Å². The number of aliphatic hydroxyl groups excluding tert-OH is 1. The summed E-state index contributed by atoms with van der Waals surface area (Å²) in [6.45, 7) is 3.39. The second-order valence-electron chi connectivity index (χ2n) is 4.91. The lowest BCUT2D eigenvalue weighted by Gasteiger charge is -2.30. The molecule has 4 nitrogen and oxygen atoms in total. The van der Waals surface area contributed by atoms with Gasteiger partial charge in [0, 0.05) is 19.1 Å². The number of nitrogens with zero attached hydrogens (tertiary/aromatic N) is 1. The molecule has 92 valence electrons. The fraction of sp³-hybridized carbons (Fsp3) is 0.917. The van der Waals surface area contributed by atoms with Gasteiger partial charge in [0.05, 0.1) is 12.1 Å². The standard InChI is InChI=1S/C12H22N2O2/c1-2-14(9-5-3-4-6-9)12(16)11-7-10(15)8-13-11/h9-11,13,15H,2-8H2,1H3. The van der Waals surface area contributed by atoms with Crippen LogP contribution in [0.4, 0.5) is 0 Å². The van der Waals surface area contributed by atoms with Gasteiger partial charge in [-0.05, 0) is 26.2 Å². The molecule has 2 unspecified atom stereocenters. The molecule has 2 N–H and O–H groups in total. The van der Waals surface area contributed by atoms with Crippen molar-refractivity contribution in [2.75, 3.05) is 13.1 Å². The molecule has 2 fully saturated rings. The molecule has 0 radical (unpaired) electrons. The van der Waals surface area contributed by atoms with Crippen LogP contribution in [-0.4, -0.2) is 47.2 Å². The van der Waals surface area contributed by atoms with Gasteiger partial charge in [0.1, 0.15) is 0 Å². The molecule has 0 aromatic heterocycles. The molecule has 0 bridgehead atoms. The van der Waals surface area contributed by atoms with Gasteiger partial charge in [-0.2, -0.15) is 0 Å². The minimum absolute atomic E-state index is 0.157. The molecule has 1 heterocycles. The zero-order valence-corrected chi connectivity index (χ0v) is 9.98. The number of hydrogen-bond donors (Lipinski definition) is 2. The summed E-state index contributed by atoms with van der Waals surface area (Å²) >= 11 is 0. The van der Waals surface area contributed by atoms with Crippen LogP contribution in [0.1, 0.15) is 39.0 Å². The molecule has 0 aromatic rings. The Morgan fingerprint density at radius 2 is 2.12 bits per heavy atom. The largest absolute Gasteiger partial charge is 0.392 e. The van der Waals surface area contributed by atoms with Crippen LogP contribution in [0.25, 0.3) is 0 Å². The molecule has 1 saturated carbocycles. The summed E-state index contributed by atoms with van der Waals surface area (Å²) in [5, 5.41) is 12.5. The van der Waals surface area contributed by atoms with E-state index in [4.69, 9.17) is 0 Å². The van der Waals surface area contributed by atoms with Crippen LogP contribution < -0.4 is 5.32 Å². The Morgan fingerprint density at radius 3 is 2.62 bits per heavy atom.